The minimum absolute atomic E-state index is 0.0577. The molecule has 2 heterocycles. The van der Waals surface area contributed by atoms with Crippen LogP contribution in [0.1, 0.15) is 47.9 Å². The van der Waals surface area contributed by atoms with Crippen molar-refractivity contribution in [2.75, 3.05) is 17.7 Å². The predicted molar refractivity (Wildman–Crippen MR) is 119 cm³/mol. The van der Waals surface area contributed by atoms with Crippen molar-refractivity contribution in [1.29, 1.82) is 0 Å². The van der Waals surface area contributed by atoms with Crippen molar-refractivity contribution < 1.29 is 9.18 Å². The number of carbonyl (C=O) groups is 1. The van der Waals surface area contributed by atoms with Crippen LogP contribution < -0.4 is 21.9 Å². The number of nitrogens with two attached hydrogens (primary N) is 1. The molecule has 3 N–H and O–H groups in total. The van der Waals surface area contributed by atoms with E-state index >= 15 is 0 Å². The van der Waals surface area contributed by atoms with E-state index in [1.165, 1.54) is 23.7 Å². The number of nitrogen functional groups attached to an aromatic ring is 1. The molecule has 4 rings (SSSR count). The average molecular weight is 440 g/mol. The fraction of sp³-hybridized carbons (Fsp3) is 0.364. The Labute approximate surface area is 183 Å². The molecular weight excluding hydrogens is 415 g/mol. The number of hydrogen-bond donors (Lipinski definition) is 2. The lowest BCUT2D eigenvalue weighted by Crippen LogP contribution is -2.39. The number of aromatic nitrogens is 4. The van der Waals surface area contributed by atoms with E-state index in [9.17, 15) is 18.8 Å². The van der Waals surface area contributed by atoms with Crippen LogP contribution in [0.15, 0.2) is 33.9 Å². The van der Waals surface area contributed by atoms with Crippen LogP contribution in [0.3, 0.4) is 0 Å². The SMILES string of the molecule is CCCCn1c(N)c(N(C)C(=O)c2nn(-c3ccc(F)cc3)c3c2CCC3)c(=O)[nH]c1=O. The Hall–Kier alpha value is -3.69. The van der Waals surface area contributed by atoms with Gasteiger partial charge in [0, 0.05) is 24.8 Å². The molecule has 0 saturated heterocycles. The number of anilines is 2. The Kier molecular flexibility index (Phi) is 5.68. The normalized spacial score (nSPS) is 12.7. The van der Waals surface area contributed by atoms with E-state index < -0.39 is 17.2 Å². The lowest BCUT2D eigenvalue weighted by atomic mass is 10.2. The summed E-state index contributed by atoms with van der Waals surface area (Å²) in [4.78, 5) is 41.6. The molecule has 1 aliphatic rings. The second-order valence-electron chi connectivity index (χ2n) is 7.88. The minimum Gasteiger partial charge on any atom is -0.383 e. The van der Waals surface area contributed by atoms with Gasteiger partial charge in [0.05, 0.1) is 5.69 Å². The van der Waals surface area contributed by atoms with Gasteiger partial charge < -0.3 is 10.6 Å². The maximum Gasteiger partial charge on any atom is 0.330 e. The number of benzene rings is 1. The summed E-state index contributed by atoms with van der Waals surface area (Å²) < 4.78 is 16.3. The van der Waals surface area contributed by atoms with Crippen LogP contribution in [0.25, 0.3) is 5.69 Å². The fourth-order valence-electron chi connectivity index (χ4n) is 4.11. The molecule has 0 spiro atoms. The Morgan fingerprint density at radius 1 is 1.25 bits per heavy atom. The third kappa shape index (κ3) is 3.61. The molecule has 1 aliphatic carbocycles. The van der Waals surface area contributed by atoms with Gasteiger partial charge in [-0.1, -0.05) is 13.3 Å². The number of rotatable bonds is 6. The highest BCUT2D eigenvalue weighted by Crippen LogP contribution is 2.29. The number of carbonyl (C=O) groups excluding carboxylic acids is 1. The summed E-state index contributed by atoms with van der Waals surface area (Å²) in [7, 11) is 1.44. The van der Waals surface area contributed by atoms with E-state index in [1.807, 2.05) is 6.92 Å². The quantitative estimate of drug-likeness (QED) is 0.608. The Morgan fingerprint density at radius 2 is 1.97 bits per heavy atom. The van der Waals surface area contributed by atoms with Crippen molar-refractivity contribution in [3.05, 3.63) is 67.9 Å². The summed E-state index contributed by atoms with van der Waals surface area (Å²) in [5.74, 6) is -0.916. The van der Waals surface area contributed by atoms with Gasteiger partial charge in [-0.2, -0.15) is 5.10 Å². The summed E-state index contributed by atoms with van der Waals surface area (Å²) in [6.45, 7) is 2.31. The summed E-state index contributed by atoms with van der Waals surface area (Å²) in [6, 6.07) is 5.88. The van der Waals surface area contributed by atoms with Crippen molar-refractivity contribution in [3.63, 3.8) is 0 Å². The highest BCUT2D eigenvalue weighted by Gasteiger charge is 2.31. The van der Waals surface area contributed by atoms with Crippen molar-refractivity contribution in [3.8, 4) is 5.69 Å². The van der Waals surface area contributed by atoms with Gasteiger partial charge in [-0.15, -0.1) is 0 Å². The van der Waals surface area contributed by atoms with Gasteiger partial charge in [0.25, 0.3) is 11.5 Å². The van der Waals surface area contributed by atoms with Gasteiger partial charge in [-0.05, 0) is 49.9 Å². The molecule has 2 aromatic heterocycles. The molecule has 1 aromatic carbocycles. The van der Waals surface area contributed by atoms with Gasteiger partial charge in [0.1, 0.15) is 11.6 Å². The molecule has 0 fully saturated rings. The van der Waals surface area contributed by atoms with E-state index in [-0.39, 0.29) is 23.0 Å². The molecule has 0 saturated carbocycles. The number of hydrogen-bond acceptors (Lipinski definition) is 5. The van der Waals surface area contributed by atoms with Crippen LogP contribution >= 0.6 is 0 Å². The standard InChI is InChI=1S/C22H25FN6O3/c1-3-4-12-28-19(24)18(20(30)25-22(28)32)27(2)21(31)17-15-6-5-7-16(15)29(26-17)14-10-8-13(23)9-11-14/h8-11H,3-7,12,24H2,1-2H3,(H,25,30,32). The maximum atomic E-state index is 13.4. The van der Waals surface area contributed by atoms with Gasteiger partial charge in [0.2, 0.25) is 0 Å². The van der Waals surface area contributed by atoms with Gasteiger partial charge >= 0.3 is 5.69 Å². The average Bonchev–Trinajstić information content (AvgIpc) is 3.36. The maximum absolute atomic E-state index is 13.4. The summed E-state index contributed by atoms with van der Waals surface area (Å²) in [5, 5.41) is 4.51. The number of amides is 1. The van der Waals surface area contributed by atoms with Crippen LogP contribution in [0.5, 0.6) is 0 Å². The number of halogens is 1. The Bertz CT molecular complexity index is 1290. The number of H-pyrrole nitrogens is 1. The van der Waals surface area contributed by atoms with Crippen LogP contribution in [0.2, 0.25) is 0 Å². The summed E-state index contributed by atoms with van der Waals surface area (Å²) in [6.07, 6.45) is 3.81. The molecular formula is C22H25FN6O3. The van der Waals surface area contributed by atoms with Crippen LogP contribution in [-0.2, 0) is 19.4 Å². The van der Waals surface area contributed by atoms with Crippen LogP contribution in [-0.4, -0.2) is 32.3 Å². The zero-order chi connectivity index (χ0) is 23.0. The number of fused-ring (bicyclic) bond motifs is 1. The second kappa shape index (κ2) is 8.45. The van der Waals surface area contributed by atoms with Gasteiger partial charge in [-0.3, -0.25) is 19.1 Å². The largest absolute Gasteiger partial charge is 0.383 e. The first-order valence-electron chi connectivity index (χ1n) is 10.6. The molecule has 0 unspecified atom stereocenters. The molecule has 0 radical (unpaired) electrons. The first kappa shape index (κ1) is 21.5. The van der Waals surface area contributed by atoms with E-state index in [2.05, 4.69) is 10.1 Å². The Balaban J connectivity index is 1.76. The third-order valence-corrected chi connectivity index (χ3v) is 5.79. The molecule has 1 amide bonds. The van der Waals surface area contributed by atoms with E-state index in [0.29, 0.717) is 25.1 Å². The molecule has 10 heteroatoms. The molecule has 0 atom stereocenters. The molecule has 168 valence electrons. The molecule has 0 bridgehead atoms. The summed E-state index contributed by atoms with van der Waals surface area (Å²) in [5.41, 5.74) is 7.29. The first-order valence-corrected chi connectivity index (χ1v) is 10.6. The number of nitrogens with one attached hydrogen (secondary N) is 1. The molecule has 32 heavy (non-hydrogen) atoms. The summed E-state index contributed by atoms with van der Waals surface area (Å²) >= 11 is 0. The van der Waals surface area contributed by atoms with Crippen molar-refractivity contribution in [1.82, 2.24) is 19.3 Å². The monoisotopic (exact) mass is 440 g/mol. The molecule has 9 nitrogen and oxygen atoms in total. The van der Waals surface area contributed by atoms with E-state index in [0.717, 1.165) is 35.4 Å². The fourth-order valence-corrected chi connectivity index (χ4v) is 4.11. The first-order chi connectivity index (χ1) is 15.3. The molecule has 0 aliphatic heterocycles. The van der Waals surface area contributed by atoms with Crippen molar-refractivity contribution in [2.24, 2.45) is 0 Å². The topological polar surface area (TPSA) is 119 Å². The molecule has 3 aromatic rings. The zero-order valence-electron chi connectivity index (χ0n) is 18.0. The van der Waals surface area contributed by atoms with Crippen molar-refractivity contribution in [2.45, 2.75) is 45.6 Å². The van der Waals surface area contributed by atoms with Crippen LogP contribution in [0, 0.1) is 5.82 Å². The number of aromatic amines is 1. The van der Waals surface area contributed by atoms with Gasteiger partial charge in [-0.25, -0.2) is 13.9 Å². The smallest absolute Gasteiger partial charge is 0.330 e. The van der Waals surface area contributed by atoms with Gasteiger partial charge in [0.15, 0.2) is 11.4 Å². The third-order valence-electron chi connectivity index (χ3n) is 5.79. The van der Waals surface area contributed by atoms with E-state index in [1.54, 1.807) is 16.8 Å². The highest BCUT2D eigenvalue weighted by molar-refractivity contribution is 6.06. The number of unbranched alkanes of at least 4 members (excludes halogenated alkanes) is 1. The minimum atomic E-state index is -0.731. The second-order valence-corrected chi connectivity index (χ2v) is 7.88. The lowest BCUT2D eigenvalue weighted by Gasteiger charge is -2.20. The van der Waals surface area contributed by atoms with Crippen molar-refractivity contribution >= 4 is 17.4 Å². The highest BCUT2D eigenvalue weighted by atomic mass is 19.1. The Morgan fingerprint density at radius 3 is 2.66 bits per heavy atom. The zero-order valence-corrected chi connectivity index (χ0v) is 18.0. The predicted octanol–water partition coefficient (Wildman–Crippen LogP) is 2.01. The lowest BCUT2D eigenvalue weighted by molar-refractivity contribution is 0.0986. The number of nitrogens with zero attached hydrogens (tertiary/aromatic N) is 4. The van der Waals surface area contributed by atoms with E-state index in [4.69, 9.17) is 5.73 Å². The van der Waals surface area contributed by atoms with Crippen LogP contribution in [0.4, 0.5) is 15.9 Å².